The largest absolute Gasteiger partial charge is 0.869 e. The monoisotopic (exact) mass is 273 g/mol. The average Bonchev–Trinajstić information content (AvgIpc) is 2.34. The van der Waals surface area contributed by atoms with Gasteiger partial charge in [-0.3, -0.25) is 0 Å². The molecule has 0 aromatic heterocycles. The lowest BCUT2D eigenvalue weighted by atomic mass is 9.95. The molecular formula is C10H11BFO7-2. The van der Waals surface area contributed by atoms with Gasteiger partial charge < -0.3 is 29.7 Å². The number of carbonyl (C=O) groups is 1. The van der Waals surface area contributed by atoms with Crippen LogP contribution in [0.25, 0.3) is 0 Å². The molecule has 0 fully saturated rings. The molecule has 0 spiro atoms. The van der Waals surface area contributed by atoms with Crippen molar-refractivity contribution < 1.29 is 38.9 Å². The van der Waals surface area contributed by atoms with Crippen molar-refractivity contribution in [1.82, 2.24) is 0 Å². The van der Waals surface area contributed by atoms with Crippen LogP contribution in [0.2, 0.25) is 0 Å². The molecule has 1 aromatic carbocycles. The van der Waals surface area contributed by atoms with Crippen LogP contribution in [0.4, 0.5) is 4.39 Å². The first-order valence-electron chi connectivity index (χ1n) is 5.22. The van der Waals surface area contributed by atoms with Gasteiger partial charge in [-0.1, -0.05) is 0 Å². The number of hydrogen-bond donors (Lipinski definition) is 3. The fraction of sp³-hybridized carbons (Fsp3) is 0.300. The van der Waals surface area contributed by atoms with E-state index in [1.54, 1.807) is 0 Å². The molecule has 7 nitrogen and oxygen atoms in total. The van der Waals surface area contributed by atoms with Crippen molar-refractivity contribution in [2.45, 2.75) is 0 Å². The molecule has 9 heteroatoms. The van der Waals surface area contributed by atoms with E-state index in [4.69, 9.17) is 24.6 Å². The third-order valence-corrected chi connectivity index (χ3v) is 2.02. The van der Waals surface area contributed by atoms with E-state index >= 15 is 0 Å². The fourth-order valence-corrected chi connectivity index (χ4v) is 1.29. The Hall–Kier alpha value is -2.00. The van der Waals surface area contributed by atoms with Crippen molar-refractivity contribution >= 4 is 13.1 Å². The van der Waals surface area contributed by atoms with Gasteiger partial charge in [-0.25, -0.2) is 9.18 Å². The summed E-state index contributed by atoms with van der Waals surface area (Å²) in [7, 11) is -1.80. The molecule has 0 aliphatic heterocycles. The summed E-state index contributed by atoms with van der Waals surface area (Å²) in [6.45, 7) is -1.80. The first-order valence-corrected chi connectivity index (χ1v) is 5.22. The van der Waals surface area contributed by atoms with Crippen molar-refractivity contribution in [3.8, 4) is 17.2 Å². The van der Waals surface area contributed by atoms with Gasteiger partial charge in [-0.05, 0) is 24.4 Å². The minimum atomic E-state index is -1.80. The highest BCUT2D eigenvalue weighted by atomic mass is 19.1. The molecule has 105 valence electrons. The van der Waals surface area contributed by atoms with E-state index in [-0.39, 0.29) is 18.1 Å². The van der Waals surface area contributed by atoms with Crippen molar-refractivity contribution in [3.63, 3.8) is 0 Å². The molecule has 0 saturated carbocycles. The SMILES string of the molecule is O=C(O)c1c(OCCF)ccc(OC[B-](O)O)c1[O-]. The van der Waals surface area contributed by atoms with E-state index in [0.29, 0.717) is 0 Å². The summed E-state index contributed by atoms with van der Waals surface area (Å²) in [5, 5.41) is 37.9. The number of carboxylic acid groups (broad SMARTS) is 1. The molecule has 1 aromatic rings. The highest BCUT2D eigenvalue weighted by Crippen LogP contribution is 2.34. The predicted molar refractivity (Wildman–Crippen MR) is 60.0 cm³/mol. The van der Waals surface area contributed by atoms with Crippen LogP contribution in [0.1, 0.15) is 10.4 Å². The number of carboxylic acids is 1. The molecule has 0 unspecified atom stereocenters. The van der Waals surface area contributed by atoms with Crippen molar-refractivity contribution in [3.05, 3.63) is 17.7 Å². The van der Waals surface area contributed by atoms with Crippen LogP contribution in [0.3, 0.4) is 0 Å². The van der Waals surface area contributed by atoms with E-state index in [9.17, 15) is 14.3 Å². The van der Waals surface area contributed by atoms with Crippen molar-refractivity contribution in [1.29, 1.82) is 0 Å². The van der Waals surface area contributed by atoms with Gasteiger partial charge >= 0.3 is 5.97 Å². The lowest BCUT2D eigenvalue weighted by Crippen LogP contribution is -2.23. The second kappa shape index (κ2) is 6.81. The summed E-state index contributed by atoms with van der Waals surface area (Å²) >= 11 is 0. The summed E-state index contributed by atoms with van der Waals surface area (Å²) < 4.78 is 21.5. The van der Waals surface area contributed by atoms with E-state index in [1.807, 2.05) is 0 Å². The van der Waals surface area contributed by atoms with Crippen LogP contribution in [0.15, 0.2) is 12.1 Å². The zero-order valence-corrected chi connectivity index (χ0v) is 9.71. The number of alkyl halides is 1. The molecule has 0 bridgehead atoms. The van der Waals surface area contributed by atoms with Crippen LogP contribution in [-0.2, 0) is 0 Å². The predicted octanol–water partition coefficient (Wildman–Crippen LogP) is -0.803. The number of hydrogen-bond acceptors (Lipinski definition) is 6. The molecule has 19 heavy (non-hydrogen) atoms. The quantitative estimate of drug-likeness (QED) is 0.556. The zero-order valence-electron chi connectivity index (χ0n) is 9.71. The second-order valence-corrected chi connectivity index (χ2v) is 3.40. The van der Waals surface area contributed by atoms with E-state index in [0.717, 1.165) is 12.1 Å². The van der Waals surface area contributed by atoms with Crippen LogP contribution in [-0.4, -0.2) is 48.0 Å². The summed E-state index contributed by atoms with van der Waals surface area (Å²) in [4.78, 5) is 11.0. The Morgan fingerprint density at radius 3 is 2.47 bits per heavy atom. The summed E-state index contributed by atoms with van der Waals surface area (Å²) in [6, 6.07) is 2.25. The average molecular weight is 273 g/mol. The maximum absolute atomic E-state index is 12.0. The number of rotatable bonds is 7. The Labute approximate surface area is 108 Å². The van der Waals surface area contributed by atoms with Gasteiger partial charge in [0.05, 0.1) is 5.56 Å². The lowest BCUT2D eigenvalue weighted by molar-refractivity contribution is -0.270. The Balaban J connectivity index is 3.04. The maximum atomic E-state index is 12.0. The molecule has 0 aliphatic rings. The van der Waals surface area contributed by atoms with Gasteiger partial charge in [0.2, 0.25) is 0 Å². The Morgan fingerprint density at radius 1 is 1.32 bits per heavy atom. The Morgan fingerprint density at radius 2 is 1.95 bits per heavy atom. The summed E-state index contributed by atoms with van der Waals surface area (Å²) in [6.07, 6.45) is 0. The third-order valence-electron chi connectivity index (χ3n) is 2.02. The highest BCUT2D eigenvalue weighted by Gasteiger charge is 2.15. The lowest BCUT2D eigenvalue weighted by Gasteiger charge is -2.22. The molecule has 0 heterocycles. The van der Waals surface area contributed by atoms with Crippen molar-refractivity contribution in [2.75, 3.05) is 19.8 Å². The van der Waals surface area contributed by atoms with Gasteiger partial charge in [0.1, 0.15) is 24.8 Å². The van der Waals surface area contributed by atoms with Gasteiger partial charge in [0, 0.05) is 0 Å². The first kappa shape index (κ1) is 15.1. The zero-order chi connectivity index (χ0) is 14.4. The highest BCUT2D eigenvalue weighted by molar-refractivity contribution is 6.40. The first-order chi connectivity index (χ1) is 8.97. The minimum Gasteiger partial charge on any atom is -0.869 e. The summed E-state index contributed by atoms with van der Waals surface area (Å²) in [5.41, 5.74) is -0.696. The van der Waals surface area contributed by atoms with E-state index < -0.39 is 37.6 Å². The van der Waals surface area contributed by atoms with Crippen LogP contribution >= 0.6 is 0 Å². The number of ether oxygens (including phenoxy) is 2. The van der Waals surface area contributed by atoms with E-state index in [2.05, 4.69) is 0 Å². The van der Waals surface area contributed by atoms with Crippen LogP contribution in [0.5, 0.6) is 17.2 Å². The number of halogens is 1. The third kappa shape index (κ3) is 4.00. The van der Waals surface area contributed by atoms with Gasteiger partial charge in [0.15, 0.2) is 7.12 Å². The maximum Gasteiger partial charge on any atom is 0.338 e. The number of benzene rings is 1. The standard InChI is InChI=1S/C10H12BFO7/c12-3-4-18-6-1-2-7(19-5-11(16)17)9(13)8(6)10(14)15/h1-2,13,16-17H,3-5H2,(H,14,15)/q-1/p-1. The smallest absolute Gasteiger partial charge is 0.338 e. The van der Waals surface area contributed by atoms with Gasteiger partial charge in [-0.2, -0.15) is 0 Å². The van der Waals surface area contributed by atoms with Crippen molar-refractivity contribution in [2.24, 2.45) is 0 Å². The molecular weight excluding hydrogens is 262 g/mol. The number of aromatic carboxylic acids is 1. The Bertz CT molecular complexity index is 452. The second-order valence-electron chi connectivity index (χ2n) is 3.40. The molecule has 0 atom stereocenters. The normalized spacial score (nSPS) is 10.5. The molecule has 3 N–H and O–H groups in total. The minimum absolute atomic E-state index is 0.271. The molecule has 0 aliphatic carbocycles. The Kier molecular flexibility index (Phi) is 5.40. The molecule has 1 radical (unpaired) electrons. The summed E-state index contributed by atoms with van der Waals surface area (Å²) in [5.74, 6) is -3.16. The van der Waals surface area contributed by atoms with E-state index in [1.165, 1.54) is 0 Å². The van der Waals surface area contributed by atoms with Gasteiger partial charge in [0.25, 0.3) is 0 Å². The topological polar surface area (TPSA) is 119 Å². The molecule has 1 rings (SSSR count). The van der Waals surface area contributed by atoms with Gasteiger partial charge in [-0.15, -0.1) is 0 Å². The van der Waals surface area contributed by atoms with Crippen LogP contribution in [0, 0.1) is 0 Å². The van der Waals surface area contributed by atoms with Crippen LogP contribution < -0.4 is 14.6 Å². The molecule has 0 amide bonds. The fourth-order valence-electron chi connectivity index (χ4n) is 1.29. The molecule has 0 saturated heterocycles.